The van der Waals surface area contributed by atoms with Crippen LogP contribution in [0.15, 0.2) is 59.0 Å². The van der Waals surface area contributed by atoms with Crippen molar-refractivity contribution in [2.45, 2.75) is 24.8 Å². The Bertz CT molecular complexity index is 1530. The summed E-state index contributed by atoms with van der Waals surface area (Å²) in [7, 11) is -2.21. The normalized spacial score (nSPS) is 19.9. The molecule has 3 atom stereocenters. The molecule has 0 aliphatic carbocycles. The van der Waals surface area contributed by atoms with E-state index in [1.807, 2.05) is 48.5 Å². The number of nitrogens with zero attached hydrogens (tertiary/aromatic N) is 3. The molecule has 1 aliphatic rings. The molecule has 0 spiro atoms. The molecule has 8 nitrogen and oxygen atoms in total. The van der Waals surface area contributed by atoms with Gasteiger partial charge in [0, 0.05) is 34.4 Å². The molecule has 0 bridgehead atoms. The lowest BCUT2D eigenvalue weighted by Gasteiger charge is -2.14. The average molecular weight is 545 g/mol. The van der Waals surface area contributed by atoms with Crippen LogP contribution in [0.5, 0.6) is 6.01 Å². The second kappa shape index (κ2) is 10.4. The number of imidazole rings is 1. The number of benzene rings is 2. The number of aliphatic hydroxyl groups excluding tert-OH is 1. The van der Waals surface area contributed by atoms with Gasteiger partial charge in [-0.05, 0) is 35.7 Å². The van der Waals surface area contributed by atoms with E-state index < -0.39 is 28.1 Å². The van der Waals surface area contributed by atoms with Crippen molar-refractivity contribution in [3.8, 4) is 28.4 Å². The number of rotatable bonds is 7. The van der Waals surface area contributed by atoms with E-state index in [9.17, 15) is 8.60 Å². The number of aliphatic hydroxyl groups is 1. The molecule has 1 saturated heterocycles. The highest BCUT2D eigenvalue weighted by Crippen LogP contribution is 2.32. The molecule has 1 aliphatic heterocycles. The number of hydrogen-bond donors (Lipinski definition) is 2. The summed E-state index contributed by atoms with van der Waals surface area (Å²) in [5.41, 5.74) is 4.99. The Hall–Kier alpha value is -3.05. The Labute approximate surface area is 219 Å². The SMILES string of the molecule is CS(C)(=O)=Nc1ccc(-c2ccc(-c3nc4nc(O[C@@H]5CO[C@H](CCO)[C@H]5F)[nH]c4cc3Cl)cc2)cc1. The van der Waals surface area contributed by atoms with Crippen molar-refractivity contribution < 1.29 is 23.2 Å². The highest BCUT2D eigenvalue weighted by atomic mass is 35.5. The van der Waals surface area contributed by atoms with Gasteiger partial charge in [0.1, 0.15) is 0 Å². The molecule has 37 heavy (non-hydrogen) atoms. The molecule has 0 radical (unpaired) electrons. The maximum Gasteiger partial charge on any atom is 0.296 e. The summed E-state index contributed by atoms with van der Waals surface area (Å²) in [5, 5.41) is 9.47. The molecule has 2 N–H and O–H groups in total. The fourth-order valence-corrected chi connectivity index (χ4v) is 5.09. The minimum absolute atomic E-state index is 0.0732. The Balaban J connectivity index is 1.35. The number of H-pyrrole nitrogens is 1. The summed E-state index contributed by atoms with van der Waals surface area (Å²) in [6.07, 6.45) is 0.534. The number of aromatic amines is 1. The standard InChI is InChI=1S/C26H26ClFN4O4S/c1-37(2,34)32-18-9-7-16(8-10-18)15-3-5-17(6-4-15)24-19(27)13-20-25(30-24)31-26(29-20)36-22-14-35-21(11-12-33)23(22)28/h3-10,13,21-23,33H,11-12,14H2,1-2H3,(H,29,30,31)/t21-,22-,23-/m1/s1. The zero-order valence-corrected chi connectivity index (χ0v) is 21.8. The topological polar surface area (TPSA) is 110 Å². The van der Waals surface area contributed by atoms with Crippen LogP contribution in [-0.4, -0.2) is 68.4 Å². The minimum Gasteiger partial charge on any atom is -0.456 e. The van der Waals surface area contributed by atoms with Gasteiger partial charge in [-0.25, -0.2) is 13.6 Å². The maximum atomic E-state index is 14.5. The lowest BCUT2D eigenvalue weighted by Crippen LogP contribution is -2.31. The van der Waals surface area contributed by atoms with E-state index in [0.717, 1.165) is 16.7 Å². The van der Waals surface area contributed by atoms with Crippen LogP contribution >= 0.6 is 11.6 Å². The fourth-order valence-electron chi connectivity index (χ4n) is 4.20. The van der Waals surface area contributed by atoms with Crippen molar-refractivity contribution in [1.29, 1.82) is 0 Å². The van der Waals surface area contributed by atoms with E-state index in [2.05, 4.69) is 19.3 Å². The predicted molar refractivity (Wildman–Crippen MR) is 143 cm³/mol. The summed E-state index contributed by atoms with van der Waals surface area (Å²) in [6.45, 7) is -0.0806. The van der Waals surface area contributed by atoms with E-state index >= 15 is 0 Å². The molecule has 0 saturated carbocycles. The predicted octanol–water partition coefficient (Wildman–Crippen LogP) is 5.17. The molecule has 0 unspecified atom stereocenters. The molecule has 1 fully saturated rings. The summed E-state index contributed by atoms with van der Waals surface area (Å²) in [6, 6.07) is 17.2. The van der Waals surface area contributed by atoms with E-state index in [1.165, 1.54) is 0 Å². The van der Waals surface area contributed by atoms with Crippen molar-refractivity contribution in [3.05, 3.63) is 59.6 Å². The highest BCUT2D eigenvalue weighted by molar-refractivity contribution is 7.92. The van der Waals surface area contributed by atoms with Gasteiger partial charge >= 0.3 is 0 Å². The van der Waals surface area contributed by atoms with Gasteiger partial charge in [-0.1, -0.05) is 48.0 Å². The van der Waals surface area contributed by atoms with Gasteiger partial charge in [0.25, 0.3) is 6.01 Å². The molecule has 2 aromatic heterocycles. The molecule has 5 rings (SSSR count). The number of aromatic nitrogens is 3. The second-order valence-corrected chi connectivity index (χ2v) is 12.1. The van der Waals surface area contributed by atoms with Crippen molar-refractivity contribution >= 4 is 38.2 Å². The third-order valence-electron chi connectivity index (χ3n) is 5.95. The van der Waals surface area contributed by atoms with E-state index in [1.54, 1.807) is 18.6 Å². The summed E-state index contributed by atoms with van der Waals surface area (Å²) in [5.74, 6) is 0. The second-order valence-electron chi connectivity index (χ2n) is 9.11. The summed E-state index contributed by atoms with van der Waals surface area (Å²) >= 11 is 6.53. The van der Waals surface area contributed by atoms with Crippen molar-refractivity contribution in [3.63, 3.8) is 0 Å². The van der Waals surface area contributed by atoms with Crippen molar-refractivity contribution in [1.82, 2.24) is 15.0 Å². The molecule has 194 valence electrons. The van der Waals surface area contributed by atoms with Crippen LogP contribution in [0.2, 0.25) is 5.02 Å². The molecule has 3 heterocycles. The molecule has 0 amide bonds. The lowest BCUT2D eigenvalue weighted by molar-refractivity contribution is 0.0562. The monoisotopic (exact) mass is 544 g/mol. The fraction of sp³-hybridized carbons (Fsp3) is 0.308. The van der Waals surface area contributed by atoms with Gasteiger partial charge < -0.3 is 19.6 Å². The minimum atomic E-state index is -2.21. The van der Waals surface area contributed by atoms with Gasteiger partial charge in [-0.3, -0.25) is 0 Å². The van der Waals surface area contributed by atoms with Crippen LogP contribution < -0.4 is 4.74 Å². The van der Waals surface area contributed by atoms with Crippen LogP contribution in [0.25, 0.3) is 33.5 Å². The van der Waals surface area contributed by atoms with Gasteiger partial charge in [-0.2, -0.15) is 9.35 Å². The van der Waals surface area contributed by atoms with E-state index in [0.29, 0.717) is 27.6 Å². The summed E-state index contributed by atoms with van der Waals surface area (Å²) in [4.78, 5) is 11.9. The summed E-state index contributed by atoms with van der Waals surface area (Å²) < 4.78 is 41.7. The number of ether oxygens (including phenoxy) is 2. The number of pyridine rings is 1. The lowest BCUT2D eigenvalue weighted by atomic mass is 10.0. The quantitative estimate of drug-likeness (QED) is 0.332. The van der Waals surface area contributed by atoms with E-state index in [4.69, 9.17) is 26.2 Å². The Morgan fingerprint density at radius 2 is 1.78 bits per heavy atom. The Morgan fingerprint density at radius 3 is 2.43 bits per heavy atom. The van der Waals surface area contributed by atoms with Crippen LogP contribution in [0.3, 0.4) is 0 Å². The Morgan fingerprint density at radius 1 is 1.14 bits per heavy atom. The number of hydrogen-bond acceptors (Lipinski definition) is 7. The van der Waals surface area contributed by atoms with Gasteiger partial charge in [0.15, 0.2) is 17.9 Å². The Kier molecular flexibility index (Phi) is 7.17. The smallest absolute Gasteiger partial charge is 0.296 e. The van der Waals surface area contributed by atoms with Crippen molar-refractivity contribution in [2.75, 3.05) is 25.7 Å². The highest BCUT2D eigenvalue weighted by Gasteiger charge is 2.39. The van der Waals surface area contributed by atoms with Crippen molar-refractivity contribution in [2.24, 2.45) is 4.36 Å². The van der Waals surface area contributed by atoms with Gasteiger partial charge in [0.05, 0.1) is 34.6 Å². The molecule has 11 heteroatoms. The number of fused-ring (bicyclic) bond motifs is 1. The third kappa shape index (κ3) is 5.77. The molecular formula is C26H26ClFN4O4S. The largest absolute Gasteiger partial charge is 0.456 e. The maximum absolute atomic E-state index is 14.5. The van der Waals surface area contributed by atoms with Crippen LogP contribution in [0.4, 0.5) is 10.1 Å². The zero-order chi connectivity index (χ0) is 26.2. The third-order valence-corrected chi connectivity index (χ3v) is 6.89. The zero-order valence-electron chi connectivity index (χ0n) is 20.2. The molecular weight excluding hydrogens is 519 g/mol. The van der Waals surface area contributed by atoms with Gasteiger partial charge in [-0.15, -0.1) is 0 Å². The molecule has 4 aromatic rings. The number of halogens is 2. The first-order valence-electron chi connectivity index (χ1n) is 11.7. The molecule has 2 aromatic carbocycles. The average Bonchev–Trinajstić information content (AvgIpc) is 3.41. The first kappa shape index (κ1) is 25.6. The van der Waals surface area contributed by atoms with Crippen LogP contribution in [0.1, 0.15) is 6.42 Å². The van der Waals surface area contributed by atoms with Crippen LogP contribution in [-0.2, 0) is 14.5 Å². The first-order valence-corrected chi connectivity index (χ1v) is 14.4. The van der Waals surface area contributed by atoms with E-state index in [-0.39, 0.29) is 25.6 Å². The van der Waals surface area contributed by atoms with Gasteiger partial charge in [0.2, 0.25) is 0 Å². The van der Waals surface area contributed by atoms with Crippen LogP contribution in [0, 0.1) is 0 Å². The first-order chi connectivity index (χ1) is 17.7. The number of nitrogens with one attached hydrogen (secondary N) is 1. The number of alkyl halides is 1.